The van der Waals surface area contributed by atoms with Crippen molar-refractivity contribution in [1.82, 2.24) is 4.57 Å². The summed E-state index contributed by atoms with van der Waals surface area (Å²) >= 11 is 0. The van der Waals surface area contributed by atoms with Crippen LogP contribution >= 0.6 is 8.86 Å². The minimum atomic E-state index is -0.398. The summed E-state index contributed by atoms with van der Waals surface area (Å²) in [5, 5.41) is 1.56. The van der Waals surface area contributed by atoms with Gasteiger partial charge in [0.25, 0.3) is 5.56 Å². The lowest BCUT2D eigenvalue weighted by Crippen LogP contribution is -2.17. The van der Waals surface area contributed by atoms with Gasteiger partial charge in [-0.05, 0) is 0 Å². The Labute approximate surface area is 136 Å². The molecule has 0 bridgehead atoms. The highest BCUT2D eigenvalue weighted by atomic mass is 31.0. The normalized spacial score (nSPS) is 11.7. The first-order valence-electron chi connectivity index (χ1n) is 7.16. The van der Waals surface area contributed by atoms with E-state index in [1.807, 2.05) is 0 Å². The van der Waals surface area contributed by atoms with Crippen molar-refractivity contribution in [3.63, 3.8) is 0 Å². The van der Waals surface area contributed by atoms with Crippen molar-refractivity contribution in [2.45, 2.75) is 0 Å². The van der Waals surface area contributed by atoms with E-state index in [0.717, 1.165) is 0 Å². The van der Waals surface area contributed by atoms with Gasteiger partial charge in [-0.25, -0.2) is 0 Å². The van der Waals surface area contributed by atoms with Crippen LogP contribution in [0.4, 0.5) is 11.4 Å². The second-order valence-electron chi connectivity index (χ2n) is 5.74. The maximum atomic E-state index is 12.9. The third kappa shape index (κ3) is 1.51. The Hall–Kier alpha value is -2.98. The summed E-state index contributed by atoms with van der Waals surface area (Å²) in [6.07, 6.45) is 0. The summed E-state index contributed by atoms with van der Waals surface area (Å²) < 4.78 is 1.34. The number of hydrogen-bond acceptors (Lipinski definition) is 5. The molecule has 0 saturated carbocycles. The minimum Gasteiger partial charge on any atom is -0.398 e. The minimum absolute atomic E-state index is 0.00727. The second-order valence-corrected chi connectivity index (χ2v) is 6.22. The van der Waals surface area contributed by atoms with Crippen LogP contribution < -0.4 is 27.9 Å². The van der Waals surface area contributed by atoms with Crippen molar-refractivity contribution < 1.29 is 0 Å². The van der Waals surface area contributed by atoms with Crippen molar-refractivity contribution in [2.75, 3.05) is 11.5 Å². The van der Waals surface area contributed by atoms with Gasteiger partial charge in [-0.3, -0.25) is 14.4 Å². The molecule has 1 heterocycles. The molecule has 0 amide bonds. The molecule has 0 saturated heterocycles. The van der Waals surface area contributed by atoms with Gasteiger partial charge in [-0.15, -0.1) is 0 Å². The van der Waals surface area contributed by atoms with E-state index in [9.17, 15) is 14.4 Å². The maximum absolute atomic E-state index is 12.9. The van der Waals surface area contributed by atoms with Crippen molar-refractivity contribution in [3.05, 3.63) is 60.1 Å². The van der Waals surface area contributed by atoms with Gasteiger partial charge in [0.05, 0.1) is 32.6 Å². The fraction of sp³-hybridized carbons (Fsp3) is 0.0588. The lowest BCUT2D eigenvalue weighted by molar-refractivity contribution is 0.879. The Morgan fingerprint density at radius 3 is 1.79 bits per heavy atom. The second kappa shape index (κ2) is 4.52. The molecule has 7 heteroatoms. The van der Waals surface area contributed by atoms with Gasteiger partial charge in [-0.2, -0.15) is 0 Å². The molecular formula is C17H12N3O3P. The van der Waals surface area contributed by atoms with Gasteiger partial charge in [0.2, 0.25) is 0 Å². The number of rotatable bonds is 0. The predicted molar refractivity (Wildman–Crippen MR) is 99.5 cm³/mol. The standard InChI is InChI=1S/C17H12N3O3P/c1-20-16(23)10-11(17(20)24)13(19)9-8(12(10)18)14(21)6-4-2-3-5-7(6)15(9)22/h2-5,24H,18-19H2,1H3. The lowest BCUT2D eigenvalue weighted by atomic mass is 9.97. The number of fused-ring (bicyclic) bond motifs is 3. The molecule has 0 fully saturated rings. The van der Waals surface area contributed by atoms with Crippen molar-refractivity contribution in [1.29, 1.82) is 0 Å². The van der Waals surface area contributed by atoms with E-state index in [4.69, 9.17) is 11.5 Å². The highest BCUT2D eigenvalue weighted by Gasteiger charge is 2.22. The molecule has 0 aliphatic rings. The summed E-state index contributed by atoms with van der Waals surface area (Å²) in [7, 11) is 4.93. The number of hydrogen-bond donors (Lipinski definition) is 2. The van der Waals surface area contributed by atoms with Gasteiger partial charge in [0.15, 0.2) is 10.9 Å². The predicted octanol–water partition coefficient (Wildman–Crippen LogP) is 1.28. The number of nitrogens with zero attached hydrogens (tertiary/aromatic N) is 1. The van der Waals surface area contributed by atoms with Gasteiger partial charge < -0.3 is 16.0 Å². The van der Waals surface area contributed by atoms with Crippen LogP contribution in [-0.4, -0.2) is 4.57 Å². The Morgan fingerprint density at radius 2 is 1.29 bits per heavy atom. The third-order valence-electron chi connectivity index (χ3n) is 4.54. The third-order valence-corrected chi connectivity index (χ3v) is 5.12. The van der Waals surface area contributed by atoms with E-state index in [1.165, 1.54) is 4.57 Å². The van der Waals surface area contributed by atoms with E-state index >= 15 is 0 Å². The van der Waals surface area contributed by atoms with E-state index in [1.54, 1.807) is 31.3 Å². The maximum Gasteiger partial charge on any atom is 0.261 e. The largest absolute Gasteiger partial charge is 0.398 e. The van der Waals surface area contributed by atoms with Gasteiger partial charge >= 0.3 is 0 Å². The summed E-state index contributed by atoms with van der Waals surface area (Å²) in [5.74, 6) is 0. The number of benzene rings is 3. The topological polar surface area (TPSA) is 108 Å². The Bertz CT molecular complexity index is 1300. The van der Waals surface area contributed by atoms with E-state index in [0.29, 0.717) is 10.5 Å². The number of anilines is 2. The first-order valence-corrected chi connectivity index (χ1v) is 7.66. The molecule has 0 aliphatic carbocycles. The first-order chi connectivity index (χ1) is 11.4. The molecule has 0 unspecified atom stereocenters. The van der Waals surface area contributed by atoms with E-state index in [2.05, 4.69) is 8.86 Å². The zero-order valence-electron chi connectivity index (χ0n) is 12.6. The quantitative estimate of drug-likeness (QED) is 0.217. The van der Waals surface area contributed by atoms with Crippen LogP contribution in [0.1, 0.15) is 0 Å². The van der Waals surface area contributed by atoms with Crippen LogP contribution in [0.3, 0.4) is 0 Å². The average molecular weight is 337 g/mol. The Kier molecular flexibility index (Phi) is 2.75. The van der Waals surface area contributed by atoms with Crippen LogP contribution in [0, 0.1) is 5.07 Å². The molecule has 4 rings (SSSR count). The number of nitrogen functional groups attached to an aromatic ring is 2. The van der Waals surface area contributed by atoms with Crippen LogP contribution in [0.2, 0.25) is 0 Å². The number of aromatic nitrogens is 1. The van der Waals surface area contributed by atoms with Crippen molar-refractivity contribution in [2.24, 2.45) is 7.05 Å². The molecule has 24 heavy (non-hydrogen) atoms. The van der Waals surface area contributed by atoms with Crippen LogP contribution in [-0.2, 0) is 7.05 Å². The molecule has 4 N–H and O–H groups in total. The molecular weight excluding hydrogens is 325 g/mol. The molecule has 0 spiro atoms. The molecule has 4 aromatic rings. The SMILES string of the molecule is Cn1c(=O)c2c(N)c3c(=O)c4ccccc4c(=O)c3c(N)c2c1=P. The lowest BCUT2D eigenvalue weighted by Gasteiger charge is -2.08. The molecule has 118 valence electrons. The molecule has 3 aromatic carbocycles. The summed E-state index contributed by atoms with van der Waals surface area (Å²) in [4.78, 5) is 38.2. The van der Waals surface area contributed by atoms with Crippen LogP contribution in [0.5, 0.6) is 0 Å². The van der Waals surface area contributed by atoms with Crippen LogP contribution in [0.25, 0.3) is 32.3 Å². The highest BCUT2D eigenvalue weighted by Crippen LogP contribution is 2.34. The van der Waals surface area contributed by atoms with Crippen molar-refractivity contribution >= 4 is 52.6 Å². The zero-order valence-corrected chi connectivity index (χ0v) is 13.6. The smallest absolute Gasteiger partial charge is 0.261 e. The average Bonchev–Trinajstić information content (AvgIpc) is 2.80. The molecule has 6 nitrogen and oxygen atoms in total. The molecule has 0 radical (unpaired) electrons. The molecule has 0 atom stereocenters. The Balaban J connectivity index is 2.56. The zero-order chi connectivity index (χ0) is 17.3. The van der Waals surface area contributed by atoms with Crippen molar-refractivity contribution in [3.8, 4) is 0 Å². The number of nitrogens with two attached hydrogens (primary N) is 2. The van der Waals surface area contributed by atoms with Crippen LogP contribution in [0.15, 0.2) is 38.6 Å². The first kappa shape index (κ1) is 14.6. The monoisotopic (exact) mass is 337 g/mol. The summed E-state index contributed by atoms with van der Waals surface area (Å²) in [5.41, 5.74) is 11.3. The van der Waals surface area contributed by atoms with Gasteiger partial charge in [-0.1, -0.05) is 33.1 Å². The van der Waals surface area contributed by atoms with E-state index < -0.39 is 5.43 Å². The fourth-order valence-electron chi connectivity index (χ4n) is 3.31. The molecule has 1 aromatic heterocycles. The highest BCUT2D eigenvalue weighted by molar-refractivity contribution is 7.07. The summed E-state index contributed by atoms with van der Waals surface area (Å²) in [6.45, 7) is 0. The Morgan fingerprint density at radius 1 is 0.833 bits per heavy atom. The fourth-order valence-corrected chi connectivity index (χ4v) is 3.68. The molecule has 0 aliphatic heterocycles. The van der Waals surface area contributed by atoms with Gasteiger partial charge in [0.1, 0.15) is 0 Å². The van der Waals surface area contributed by atoms with E-state index in [-0.39, 0.29) is 49.3 Å². The van der Waals surface area contributed by atoms with Gasteiger partial charge in [0, 0.05) is 23.2 Å². The summed E-state index contributed by atoms with van der Waals surface area (Å²) in [6, 6.07) is 6.50.